The molecule has 1 amide bonds. The van der Waals surface area contributed by atoms with Crippen molar-refractivity contribution in [3.05, 3.63) is 64.7 Å². The van der Waals surface area contributed by atoms with Gasteiger partial charge >= 0.3 is 0 Å². The molecule has 0 fully saturated rings. The second-order valence-corrected chi connectivity index (χ2v) is 7.60. The van der Waals surface area contributed by atoms with Gasteiger partial charge in [0.15, 0.2) is 5.78 Å². The number of Topliss-reactive ketones (excluding diaryl/α,β-unsaturated/α-hetero) is 2. The van der Waals surface area contributed by atoms with Crippen LogP contribution in [-0.2, 0) is 23.1 Å². The van der Waals surface area contributed by atoms with E-state index in [0.29, 0.717) is 11.3 Å². The number of carbonyl (C=O) groups is 3. The van der Waals surface area contributed by atoms with E-state index in [1.165, 1.54) is 18.3 Å². The van der Waals surface area contributed by atoms with Gasteiger partial charge in [-0.25, -0.2) is 0 Å². The molecule has 0 saturated carbocycles. The zero-order valence-corrected chi connectivity index (χ0v) is 16.7. The number of aromatic nitrogens is 2. The van der Waals surface area contributed by atoms with Gasteiger partial charge in [-0.05, 0) is 29.5 Å². The molecule has 0 aliphatic heterocycles. The number of nitrogens with zero attached hydrogens (tertiary/aromatic N) is 2. The predicted molar refractivity (Wildman–Crippen MR) is 108 cm³/mol. The molecule has 0 bridgehead atoms. The summed E-state index contributed by atoms with van der Waals surface area (Å²) in [6, 6.07) is 10.3. The van der Waals surface area contributed by atoms with Crippen LogP contribution in [0, 0.1) is 6.92 Å². The lowest BCUT2D eigenvalue weighted by Crippen LogP contribution is -2.44. The molecule has 3 rings (SSSR count). The Balaban J connectivity index is 1.88. The molecule has 1 N–H and O–H groups in total. The van der Waals surface area contributed by atoms with E-state index >= 15 is 0 Å². The quantitative estimate of drug-likeness (QED) is 0.624. The Morgan fingerprint density at radius 3 is 2.54 bits per heavy atom. The summed E-state index contributed by atoms with van der Waals surface area (Å²) < 4.78 is 1.57. The highest BCUT2D eigenvalue weighted by Crippen LogP contribution is 2.28. The Morgan fingerprint density at radius 1 is 1.21 bits per heavy atom. The van der Waals surface area contributed by atoms with Crippen LogP contribution >= 0.6 is 11.3 Å². The molecule has 2 aromatic heterocycles. The average Bonchev–Trinajstić information content (AvgIpc) is 3.26. The van der Waals surface area contributed by atoms with Crippen LogP contribution in [0.15, 0.2) is 48.0 Å². The van der Waals surface area contributed by atoms with Gasteiger partial charge in [-0.1, -0.05) is 30.3 Å². The number of hydrogen-bond donors (Lipinski definition) is 1. The highest BCUT2D eigenvalue weighted by atomic mass is 32.1. The maximum Gasteiger partial charge on any atom is 0.255 e. The van der Waals surface area contributed by atoms with Crippen molar-refractivity contribution < 1.29 is 14.4 Å². The van der Waals surface area contributed by atoms with Gasteiger partial charge in [0, 0.05) is 26.6 Å². The summed E-state index contributed by atoms with van der Waals surface area (Å²) >= 11 is 1.50. The van der Waals surface area contributed by atoms with Gasteiger partial charge < -0.3 is 5.32 Å². The molecule has 1 atom stereocenters. The molecule has 0 aliphatic rings. The minimum absolute atomic E-state index is 0.249. The topological polar surface area (TPSA) is 81.1 Å². The van der Waals surface area contributed by atoms with Crippen LogP contribution in [0.4, 0.5) is 0 Å². The van der Waals surface area contributed by atoms with Crippen molar-refractivity contribution in [3.63, 3.8) is 0 Å². The third-order valence-electron chi connectivity index (χ3n) is 4.29. The summed E-state index contributed by atoms with van der Waals surface area (Å²) in [5.74, 6) is -1.62. The number of aryl methyl sites for hydroxylation is 2. The second-order valence-electron chi connectivity index (χ2n) is 6.69. The summed E-state index contributed by atoms with van der Waals surface area (Å²) in [5, 5.41) is 9.13. The Hall–Kier alpha value is -3.06. The third-order valence-corrected chi connectivity index (χ3v) is 5.34. The molecule has 0 saturated heterocycles. The van der Waals surface area contributed by atoms with Gasteiger partial charge in [-0.15, -0.1) is 11.3 Å². The van der Waals surface area contributed by atoms with Crippen molar-refractivity contribution in [2.45, 2.75) is 26.3 Å². The summed E-state index contributed by atoms with van der Waals surface area (Å²) in [6.45, 7) is 3.19. The number of ketones is 2. The number of thiophene rings is 1. The number of rotatable bonds is 7. The van der Waals surface area contributed by atoms with Crippen LogP contribution in [0.5, 0.6) is 0 Å². The zero-order chi connectivity index (χ0) is 20.3. The number of hydrogen-bond acceptors (Lipinski definition) is 5. The fraction of sp³-hybridized carbons (Fsp3) is 0.238. The van der Waals surface area contributed by atoms with Gasteiger partial charge in [0.25, 0.3) is 5.91 Å². The van der Waals surface area contributed by atoms with E-state index in [1.54, 1.807) is 17.9 Å². The van der Waals surface area contributed by atoms with Crippen molar-refractivity contribution in [2.75, 3.05) is 0 Å². The van der Waals surface area contributed by atoms with Crippen molar-refractivity contribution in [2.24, 2.45) is 7.05 Å². The minimum atomic E-state index is -0.925. The first-order valence-corrected chi connectivity index (χ1v) is 9.72. The van der Waals surface area contributed by atoms with Crippen molar-refractivity contribution in [1.29, 1.82) is 0 Å². The summed E-state index contributed by atoms with van der Waals surface area (Å²) in [4.78, 5) is 37.9. The standard InChI is InChI=1S/C21H21N3O3S/c1-13-9-18(28-12-13)19-16(11-24(3)23-19)21(27)22-17(20(26)14(2)25)10-15-7-5-4-6-8-15/h4-9,11-12,17H,10H2,1-3H3,(H,22,27). The lowest BCUT2D eigenvalue weighted by Gasteiger charge is -2.16. The lowest BCUT2D eigenvalue weighted by atomic mass is 10.00. The Labute approximate surface area is 167 Å². The molecule has 0 radical (unpaired) electrons. The number of carbonyl (C=O) groups excluding carboxylic acids is 3. The van der Waals surface area contributed by atoms with Gasteiger partial charge in [-0.3, -0.25) is 19.1 Å². The Kier molecular flexibility index (Phi) is 5.84. The Bertz CT molecular complexity index is 1020. The van der Waals surface area contributed by atoms with E-state index in [4.69, 9.17) is 0 Å². The fourth-order valence-corrected chi connectivity index (χ4v) is 3.83. The summed E-state index contributed by atoms with van der Waals surface area (Å²) in [5.41, 5.74) is 2.89. The van der Waals surface area contributed by atoms with Gasteiger partial charge in [-0.2, -0.15) is 5.10 Å². The van der Waals surface area contributed by atoms with Crippen LogP contribution in [0.2, 0.25) is 0 Å². The maximum atomic E-state index is 13.0. The van der Waals surface area contributed by atoms with Crippen LogP contribution in [0.3, 0.4) is 0 Å². The zero-order valence-electron chi connectivity index (χ0n) is 15.9. The number of benzene rings is 1. The lowest BCUT2D eigenvalue weighted by molar-refractivity contribution is -0.136. The molecule has 7 heteroatoms. The van der Waals surface area contributed by atoms with E-state index in [1.807, 2.05) is 48.7 Å². The van der Waals surface area contributed by atoms with Crippen molar-refractivity contribution in [1.82, 2.24) is 15.1 Å². The predicted octanol–water partition coefficient (Wildman–Crippen LogP) is 2.96. The molecule has 0 spiro atoms. The normalized spacial score (nSPS) is 11.8. The van der Waals surface area contributed by atoms with E-state index < -0.39 is 23.5 Å². The first kappa shape index (κ1) is 19.7. The van der Waals surface area contributed by atoms with Crippen molar-refractivity contribution >= 4 is 28.8 Å². The summed E-state index contributed by atoms with van der Waals surface area (Å²) in [6.07, 6.45) is 1.87. The Morgan fingerprint density at radius 2 is 1.93 bits per heavy atom. The SMILES string of the molecule is CC(=O)C(=O)C(Cc1ccccc1)NC(=O)c1cn(C)nc1-c1cc(C)cs1. The monoisotopic (exact) mass is 395 g/mol. The number of amides is 1. The van der Waals surface area contributed by atoms with Crippen LogP contribution in [0.25, 0.3) is 10.6 Å². The first-order valence-electron chi connectivity index (χ1n) is 8.84. The van der Waals surface area contributed by atoms with E-state index in [9.17, 15) is 14.4 Å². The molecular weight excluding hydrogens is 374 g/mol. The molecule has 3 aromatic rings. The maximum absolute atomic E-state index is 13.0. The molecule has 0 aliphatic carbocycles. The van der Waals surface area contributed by atoms with E-state index in [2.05, 4.69) is 10.4 Å². The van der Waals surface area contributed by atoms with Crippen LogP contribution < -0.4 is 5.32 Å². The molecule has 6 nitrogen and oxygen atoms in total. The van der Waals surface area contributed by atoms with Crippen molar-refractivity contribution in [3.8, 4) is 10.6 Å². The van der Waals surface area contributed by atoms with E-state index in [0.717, 1.165) is 16.0 Å². The first-order chi connectivity index (χ1) is 13.3. The van der Waals surface area contributed by atoms with Gasteiger partial charge in [0.05, 0.1) is 16.5 Å². The average molecular weight is 395 g/mol. The van der Waals surface area contributed by atoms with Crippen LogP contribution in [-0.4, -0.2) is 33.3 Å². The highest BCUT2D eigenvalue weighted by molar-refractivity contribution is 7.13. The smallest absolute Gasteiger partial charge is 0.255 e. The molecule has 28 heavy (non-hydrogen) atoms. The molecule has 144 valence electrons. The molecular formula is C21H21N3O3S. The summed E-state index contributed by atoms with van der Waals surface area (Å²) in [7, 11) is 1.74. The van der Waals surface area contributed by atoms with Gasteiger partial charge in [0.2, 0.25) is 5.78 Å². The molecule has 1 aromatic carbocycles. The molecule has 1 unspecified atom stereocenters. The largest absolute Gasteiger partial charge is 0.341 e. The van der Waals surface area contributed by atoms with Crippen LogP contribution in [0.1, 0.15) is 28.4 Å². The number of nitrogens with one attached hydrogen (secondary N) is 1. The third kappa shape index (κ3) is 4.43. The highest BCUT2D eigenvalue weighted by Gasteiger charge is 2.27. The fourth-order valence-electron chi connectivity index (χ4n) is 2.93. The molecule has 2 heterocycles. The van der Waals surface area contributed by atoms with Gasteiger partial charge in [0.1, 0.15) is 5.69 Å². The minimum Gasteiger partial charge on any atom is -0.341 e. The second kappa shape index (κ2) is 8.31. The van der Waals surface area contributed by atoms with E-state index in [-0.39, 0.29) is 6.42 Å².